The molecule has 1 N–H and O–H groups in total. The van der Waals surface area contributed by atoms with E-state index >= 15 is 0 Å². The zero-order valence-electron chi connectivity index (χ0n) is 15.6. The topological polar surface area (TPSA) is 104 Å². The fourth-order valence-corrected chi connectivity index (χ4v) is 7.02. The second-order valence-corrected chi connectivity index (χ2v) is 11.8. The van der Waals surface area contributed by atoms with Crippen molar-refractivity contribution in [1.82, 2.24) is 9.21 Å². The van der Waals surface area contributed by atoms with Crippen molar-refractivity contribution in [1.29, 1.82) is 0 Å². The molecule has 0 saturated carbocycles. The van der Waals surface area contributed by atoms with E-state index in [4.69, 9.17) is 11.6 Å². The average molecular weight is 450 g/mol. The summed E-state index contributed by atoms with van der Waals surface area (Å²) in [6.45, 7) is 0.961. The van der Waals surface area contributed by atoms with Gasteiger partial charge in [0.25, 0.3) is 0 Å². The van der Waals surface area contributed by atoms with Crippen LogP contribution >= 0.6 is 11.6 Å². The lowest BCUT2D eigenvalue weighted by atomic mass is 10.2. The van der Waals surface area contributed by atoms with Gasteiger partial charge in [0, 0.05) is 19.1 Å². The minimum Gasteiger partial charge on any atom is -0.324 e. The van der Waals surface area contributed by atoms with Gasteiger partial charge in [-0.1, -0.05) is 11.6 Å². The van der Waals surface area contributed by atoms with Crippen LogP contribution < -0.4 is 5.32 Å². The zero-order chi connectivity index (χ0) is 20.5. The van der Waals surface area contributed by atoms with Crippen LogP contribution in [0.3, 0.4) is 0 Å². The van der Waals surface area contributed by atoms with E-state index in [-0.39, 0.29) is 45.6 Å². The first-order valence-corrected chi connectivity index (χ1v) is 12.7. The number of carbonyl (C=O) groups excluding carboxylic acids is 1. The number of benzene rings is 1. The minimum atomic E-state index is -3.62. The van der Waals surface area contributed by atoms with E-state index in [0.29, 0.717) is 19.5 Å². The van der Waals surface area contributed by atoms with Gasteiger partial charge in [0.1, 0.15) is 0 Å². The Kier molecular flexibility index (Phi) is 6.35. The molecule has 1 amide bonds. The molecule has 3 rings (SSSR count). The summed E-state index contributed by atoms with van der Waals surface area (Å²) >= 11 is 6.14. The van der Waals surface area contributed by atoms with E-state index in [2.05, 4.69) is 5.32 Å². The van der Waals surface area contributed by atoms with Gasteiger partial charge in [0.15, 0.2) is 9.84 Å². The highest BCUT2D eigenvalue weighted by Gasteiger charge is 2.31. The largest absolute Gasteiger partial charge is 0.324 e. The summed E-state index contributed by atoms with van der Waals surface area (Å²) in [4.78, 5) is 14.2. The second-order valence-electron chi connectivity index (χ2n) is 7.27. The van der Waals surface area contributed by atoms with Crippen molar-refractivity contribution in [3.8, 4) is 0 Å². The number of carbonyl (C=O) groups is 1. The lowest BCUT2D eigenvalue weighted by Gasteiger charge is -2.22. The van der Waals surface area contributed by atoms with E-state index in [1.807, 2.05) is 0 Å². The predicted molar refractivity (Wildman–Crippen MR) is 108 cm³/mol. The standard InChI is InChI=1S/C17H24ClN3O5S2/c1-20(13-6-9-27(23,24)12-13)11-17(22)19-16-10-14(4-5-15(16)18)28(25,26)21-7-2-3-8-21/h4-5,10,13H,2-3,6-9,11-12H2,1H3,(H,19,22). The molecule has 28 heavy (non-hydrogen) atoms. The van der Waals surface area contributed by atoms with Gasteiger partial charge < -0.3 is 5.32 Å². The quantitative estimate of drug-likeness (QED) is 0.699. The first-order chi connectivity index (χ1) is 13.1. The molecule has 0 bridgehead atoms. The van der Waals surface area contributed by atoms with E-state index in [9.17, 15) is 21.6 Å². The Morgan fingerprint density at radius 2 is 2.00 bits per heavy atom. The molecule has 0 spiro atoms. The van der Waals surface area contributed by atoms with Gasteiger partial charge >= 0.3 is 0 Å². The summed E-state index contributed by atoms with van der Waals surface area (Å²) in [7, 11) is -4.96. The number of hydrogen-bond donors (Lipinski definition) is 1. The number of amides is 1. The highest BCUT2D eigenvalue weighted by Crippen LogP contribution is 2.28. The van der Waals surface area contributed by atoms with Crippen LogP contribution in [0.25, 0.3) is 0 Å². The van der Waals surface area contributed by atoms with Gasteiger partial charge in [-0.05, 0) is 44.5 Å². The van der Waals surface area contributed by atoms with Crippen LogP contribution in [-0.4, -0.2) is 76.2 Å². The van der Waals surface area contributed by atoms with Crippen LogP contribution in [0.1, 0.15) is 19.3 Å². The number of sulfonamides is 1. The highest BCUT2D eigenvalue weighted by atomic mass is 35.5. The van der Waals surface area contributed by atoms with Crippen molar-refractivity contribution < 1.29 is 21.6 Å². The molecule has 0 radical (unpaired) electrons. The van der Waals surface area contributed by atoms with Crippen LogP contribution in [0.5, 0.6) is 0 Å². The summed E-state index contributed by atoms with van der Waals surface area (Å²) in [6.07, 6.45) is 2.16. The zero-order valence-corrected chi connectivity index (χ0v) is 18.0. The normalized spacial score (nSPS) is 22.6. The Hall–Kier alpha value is -1.20. The third-order valence-electron chi connectivity index (χ3n) is 5.14. The molecule has 156 valence electrons. The summed E-state index contributed by atoms with van der Waals surface area (Å²) in [5.41, 5.74) is 0.222. The van der Waals surface area contributed by atoms with E-state index in [1.165, 1.54) is 22.5 Å². The van der Waals surface area contributed by atoms with Crippen molar-refractivity contribution >= 4 is 43.1 Å². The van der Waals surface area contributed by atoms with Crippen LogP contribution in [0.2, 0.25) is 5.02 Å². The number of anilines is 1. The Balaban J connectivity index is 1.69. The monoisotopic (exact) mass is 449 g/mol. The van der Waals surface area contributed by atoms with E-state index < -0.39 is 19.9 Å². The maximum atomic E-state index is 12.7. The van der Waals surface area contributed by atoms with Crippen LogP contribution in [0, 0.1) is 0 Å². The molecular formula is C17H24ClN3O5S2. The molecule has 11 heteroatoms. The summed E-state index contributed by atoms with van der Waals surface area (Å²) in [6, 6.07) is 4.05. The fraction of sp³-hybridized carbons (Fsp3) is 0.588. The SMILES string of the molecule is CN(CC(=O)Nc1cc(S(=O)(=O)N2CCCC2)ccc1Cl)C1CCS(=O)(=O)C1. The molecule has 1 unspecified atom stereocenters. The first kappa shape index (κ1) is 21.5. The smallest absolute Gasteiger partial charge is 0.243 e. The number of likely N-dealkylation sites (N-methyl/N-ethyl adjacent to an activating group) is 1. The molecule has 2 aliphatic heterocycles. The van der Waals surface area contributed by atoms with Crippen LogP contribution in [0.4, 0.5) is 5.69 Å². The number of nitrogens with one attached hydrogen (secondary N) is 1. The van der Waals surface area contributed by atoms with Crippen molar-refractivity contribution in [2.45, 2.75) is 30.2 Å². The number of hydrogen-bond acceptors (Lipinski definition) is 6. The fourth-order valence-electron chi connectivity index (χ4n) is 3.51. The first-order valence-electron chi connectivity index (χ1n) is 9.09. The van der Waals surface area contributed by atoms with Crippen molar-refractivity contribution in [2.24, 2.45) is 0 Å². The maximum absolute atomic E-state index is 12.7. The highest BCUT2D eigenvalue weighted by molar-refractivity contribution is 7.91. The molecule has 8 nitrogen and oxygen atoms in total. The number of sulfone groups is 1. The molecule has 2 saturated heterocycles. The van der Waals surface area contributed by atoms with Gasteiger partial charge in [-0.15, -0.1) is 0 Å². The summed E-state index contributed by atoms with van der Waals surface area (Å²) < 4.78 is 50.0. The second kappa shape index (κ2) is 8.27. The van der Waals surface area contributed by atoms with Gasteiger partial charge in [-0.2, -0.15) is 4.31 Å². The molecule has 2 aliphatic rings. The molecule has 0 aromatic heterocycles. The molecule has 2 fully saturated rings. The molecule has 2 heterocycles. The van der Waals surface area contributed by atoms with Gasteiger partial charge in [-0.25, -0.2) is 16.8 Å². The molecular weight excluding hydrogens is 426 g/mol. The molecule has 1 aromatic carbocycles. The summed E-state index contributed by atoms with van der Waals surface area (Å²) in [5.74, 6) is -0.211. The Labute approximate surface area is 170 Å². The van der Waals surface area contributed by atoms with Gasteiger partial charge in [-0.3, -0.25) is 9.69 Å². The molecule has 1 atom stereocenters. The number of rotatable bonds is 6. The maximum Gasteiger partial charge on any atom is 0.243 e. The van der Waals surface area contributed by atoms with Crippen molar-refractivity contribution in [3.63, 3.8) is 0 Å². The van der Waals surface area contributed by atoms with Crippen molar-refractivity contribution in [2.75, 3.05) is 43.5 Å². The lowest BCUT2D eigenvalue weighted by Crippen LogP contribution is -2.38. The molecule has 1 aromatic rings. The average Bonchev–Trinajstić information content (AvgIpc) is 3.26. The third kappa shape index (κ3) is 4.85. The Bertz CT molecular complexity index is 959. The van der Waals surface area contributed by atoms with Crippen LogP contribution in [-0.2, 0) is 24.7 Å². The molecule has 0 aliphatic carbocycles. The lowest BCUT2D eigenvalue weighted by molar-refractivity contribution is -0.117. The van der Waals surface area contributed by atoms with E-state index in [0.717, 1.165) is 12.8 Å². The Morgan fingerprint density at radius 1 is 1.32 bits per heavy atom. The minimum absolute atomic E-state index is 0.0143. The van der Waals surface area contributed by atoms with Crippen LogP contribution in [0.15, 0.2) is 23.1 Å². The third-order valence-corrected chi connectivity index (χ3v) is 9.11. The van der Waals surface area contributed by atoms with Crippen molar-refractivity contribution in [3.05, 3.63) is 23.2 Å². The van der Waals surface area contributed by atoms with Gasteiger partial charge in [0.05, 0.1) is 33.7 Å². The number of nitrogens with zero attached hydrogens (tertiary/aromatic N) is 2. The Morgan fingerprint density at radius 3 is 2.61 bits per heavy atom. The van der Waals surface area contributed by atoms with Gasteiger partial charge in [0.2, 0.25) is 15.9 Å². The number of halogens is 1. The predicted octanol–water partition coefficient (Wildman–Crippen LogP) is 1.18. The summed E-state index contributed by atoms with van der Waals surface area (Å²) in [5, 5.41) is 2.88. The van der Waals surface area contributed by atoms with E-state index in [1.54, 1.807) is 11.9 Å².